The molecule has 0 saturated carbocycles. The van der Waals surface area contributed by atoms with Crippen LogP contribution in [0.3, 0.4) is 0 Å². The lowest BCUT2D eigenvalue weighted by atomic mass is 9.66. The van der Waals surface area contributed by atoms with Crippen molar-refractivity contribution in [3.8, 4) is 89.8 Å². The average Bonchev–Trinajstić information content (AvgIpc) is 1.65. The van der Waals surface area contributed by atoms with Gasteiger partial charge in [-0.15, -0.1) is 0 Å². The molecule has 0 bridgehead atoms. The van der Waals surface area contributed by atoms with E-state index in [1.165, 1.54) is 66.8 Å². The largest absolute Gasteiger partial charge is 0.457 e. The van der Waals surface area contributed by atoms with Crippen molar-refractivity contribution in [1.82, 2.24) is 0 Å². The van der Waals surface area contributed by atoms with E-state index in [1.807, 2.05) is 0 Å². The molecular formula is C80H51NO2. The van der Waals surface area contributed by atoms with Crippen LogP contribution in [0.1, 0.15) is 44.5 Å². The van der Waals surface area contributed by atoms with Crippen LogP contribution in [0.5, 0.6) is 23.0 Å². The molecule has 17 rings (SSSR count). The Morgan fingerprint density at radius 2 is 0.602 bits per heavy atom. The predicted octanol–water partition coefficient (Wildman–Crippen LogP) is 20.8. The Balaban J connectivity index is 0.822. The summed E-state index contributed by atoms with van der Waals surface area (Å²) in [6.07, 6.45) is 0. The van der Waals surface area contributed by atoms with Crippen LogP contribution in [0.2, 0.25) is 0 Å². The zero-order valence-electron chi connectivity index (χ0n) is 45.2. The van der Waals surface area contributed by atoms with Crippen molar-refractivity contribution in [3.05, 3.63) is 354 Å². The van der Waals surface area contributed by atoms with Crippen molar-refractivity contribution >= 4 is 17.1 Å². The Morgan fingerprint density at radius 1 is 0.217 bits per heavy atom. The summed E-state index contributed by atoms with van der Waals surface area (Å²) in [5, 5.41) is 0. The number of ether oxygens (including phenoxy) is 2. The Bertz CT molecular complexity index is 4660. The molecule has 388 valence electrons. The van der Waals surface area contributed by atoms with E-state index in [4.69, 9.17) is 9.47 Å². The topological polar surface area (TPSA) is 21.7 Å². The summed E-state index contributed by atoms with van der Waals surface area (Å²) in [4.78, 5) is 2.44. The van der Waals surface area contributed by atoms with Gasteiger partial charge in [0.2, 0.25) is 0 Å². The van der Waals surface area contributed by atoms with Crippen LogP contribution in [0.4, 0.5) is 17.1 Å². The predicted molar refractivity (Wildman–Crippen MR) is 338 cm³/mol. The highest BCUT2D eigenvalue weighted by molar-refractivity contribution is 5.98. The fourth-order valence-corrected chi connectivity index (χ4v) is 14.6. The molecule has 3 heteroatoms. The molecule has 0 radical (unpaired) electrons. The number of nitrogens with zero attached hydrogens (tertiary/aromatic N) is 1. The molecule has 0 N–H and O–H groups in total. The van der Waals surface area contributed by atoms with Gasteiger partial charge in [0, 0.05) is 39.2 Å². The minimum atomic E-state index is -0.553. The van der Waals surface area contributed by atoms with E-state index in [-0.39, 0.29) is 0 Å². The highest BCUT2D eigenvalue weighted by Crippen LogP contribution is 2.65. The van der Waals surface area contributed by atoms with Crippen molar-refractivity contribution in [3.63, 3.8) is 0 Å². The van der Waals surface area contributed by atoms with Crippen molar-refractivity contribution in [2.45, 2.75) is 10.8 Å². The van der Waals surface area contributed by atoms with Gasteiger partial charge in [-0.3, -0.25) is 0 Å². The van der Waals surface area contributed by atoms with Crippen molar-refractivity contribution in [2.24, 2.45) is 0 Å². The summed E-state index contributed by atoms with van der Waals surface area (Å²) in [5.41, 5.74) is 26.1. The third-order valence-electron chi connectivity index (χ3n) is 18.0. The first-order chi connectivity index (χ1) is 41.2. The maximum Gasteiger partial charge on any atom is 0.132 e. The van der Waals surface area contributed by atoms with E-state index in [0.29, 0.717) is 0 Å². The van der Waals surface area contributed by atoms with E-state index >= 15 is 0 Å². The van der Waals surface area contributed by atoms with Crippen molar-refractivity contribution < 1.29 is 9.47 Å². The van der Waals surface area contributed by atoms with Crippen LogP contribution >= 0.6 is 0 Å². The highest BCUT2D eigenvalue weighted by Gasteiger charge is 2.53. The van der Waals surface area contributed by atoms with E-state index in [9.17, 15) is 0 Å². The van der Waals surface area contributed by atoms with Crippen LogP contribution < -0.4 is 14.4 Å². The maximum absolute atomic E-state index is 6.68. The van der Waals surface area contributed by atoms with Gasteiger partial charge in [-0.2, -0.15) is 0 Å². The average molecular weight is 1060 g/mol. The molecule has 4 aliphatic rings. The molecule has 2 aliphatic carbocycles. The second-order valence-electron chi connectivity index (χ2n) is 22.2. The summed E-state index contributed by atoms with van der Waals surface area (Å²) in [5.74, 6) is 3.56. The van der Waals surface area contributed by atoms with E-state index in [0.717, 1.165) is 84.6 Å². The standard InChI is InChI=1S/C80H51NO2/c1-2-20-52(21-3-1)55-22-18-23-56(50-55)53-40-45-58(46-41-53)81(59-47-42-54(43-48-59)61-27-19-34-72-78(61)63-26-5-8-29-66(63)80(72)70-32-11-16-38-76(70)83-77-39-17-12-33-71(77)80)73-35-13-6-24-60(73)57-44-49-67-64(51-57)62-25-4-7-28-65(62)79(67)68-30-9-14-36-74(68)82-75-37-15-10-31-69(75)79/h1-51H. The molecule has 13 aromatic carbocycles. The first-order valence-corrected chi connectivity index (χ1v) is 28.6. The Morgan fingerprint density at radius 3 is 1.19 bits per heavy atom. The molecule has 0 atom stereocenters. The second-order valence-corrected chi connectivity index (χ2v) is 22.2. The van der Waals surface area contributed by atoms with Gasteiger partial charge < -0.3 is 14.4 Å². The lowest BCUT2D eigenvalue weighted by Crippen LogP contribution is -2.32. The summed E-state index contributed by atoms with van der Waals surface area (Å²) in [7, 11) is 0. The van der Waals surface area contributed by atoms with E-state index in [2.05, 4.69) is 314 Å². The first-order valence-electron chi connectivity index (χ1n) is 28.6. The first kappa shape index (κ1) is 47.1. The van der Waals surface area contributed by atoms with Crippen LogP contribution in [0, 0.1) is 0 Å². The molecule has 0 aromatic heterocycles. The lowest BCUT2D eigenvalue weighted by Gasteiger charge is -2.39. The number of hydrogen-bond acceptors (Lipinski definition) is 3. The SMILES string of the molecule is c1ccc(-c2cccc(-c3ccc(N(c4ccc(-c5cccc6c5-c5ccccc5C65c6ccccc6Oc6ccccc65)cc4)c4ccccc4-c4ccc5c(c4)-c4ccccc4C54c5ccccc5Oc5ccccc54)cc3)c2)cc1. The second kappa shape index (κ2) is 18.4. The van der Waals surface area contributed by atoms with Crippen LogP contribution in [0.25, 0.3) is 66.8 Å². The van der Waals surface area contributed by atoms with Gasteiger partial charge in [-0.1, -0.05) is 243 Å². The van der Waals surface area contributed by atoms with E-state index in [1.54, 1.807) is 0 Å². The smallest absolute Gasteiger partial charge is 0.132 e. The van der Waals surface area contributed by atoms with Gasteiger partial charge in [0.15, 0.2) is 0 Å². The zero-order valence-corrected chi connectivity index (χ0v) is 45.2. The normalized spacial score (nSPS) is 13.7. The molecule has 13 aromatic rings. The van der Waals surface area contributed by atoms with Crippen molar-refractivity contribution in [1.29, 1.82) is 0 Å². The minimum Gasteiger partial charge on any atom is -0.457 e. The summed E-state index contributed by atoms with van der Waals surface area (Å²) >= 11 is 0. The number of anilines is 3. The molecule has 0 unspecified atom stereocenters. The molecule has 3 nitrogen and oxygen atoms in total. The number of para-hydroxylation sites is 5. The molecular weight excluding hydrogens is 1010 g/mol. The van der Waals surface area contributed by atoms with Crippen LogP contribution in [-0.4, -0.2) is 0 Å². The fraction of sp³-hybridized carbons (Fsp3) is 0.0250. The fourth-order valence-electron chi connectivity index (χ4n) is 14.6. The number of rotatable bonds is 7. The summed E-state index contributed by atoms with van der Waals surface area (Å²) in [6, 6.07) is 113. The van der Waals surface area contributed by atoms with Crippen LogP contribution in [0.15, 0.2) is 309 Å². The zero-order chi connectivity index (χ0) is 54.6. The molecule has 0 saturated heterocycles. The quantitative estimate of drug-likeness (QED) is 0.159. The summed E-state index contributed by atoms with van der Waals surface area (Å²) in [6.45, 7) is 0. The van der Waals surface area contributed by atoms with Crippen molar-refractivity contribution in [2.75, 3.05) is 4.90 Å². The van der Waals surface area contributed by atoms with Gasteiger partial charge in [0.05, 0.1) is 16.5 Å². The van der Waals surface area contributed by atoms with Gasteiger partial charge in [0.1, 0.15) is 23.0 Å². The Kier molecular flexibility index (Phi) is 10.4. The van der Waals surface area contributed by atoms with Gasteiger partial charge >= 0.3 is 0 Å². The molecule has 2 heterocycles. The Labute approximate surface area is 483 Å². The van der Waals surface area contributed by atoms with E-state index < -0.39 is 10.8 Å². The van der Waals surface area contributed by atoms with Gasteiger partial charge in [-0.05, 0) is 150 Å². The maximum atomic E-state index is 6.68. The minimum absolute atomic E-state index is 0.549. The van der Waals surface area contributed by atoms with Gasteiger partial charge in [0.25, 0.3) is 0 Å². The summed E-state index contributed by atoms with van der Waals surface area (Å²) < 4.78 is 13.3. The third-order valence-corrected chi connectivity index (χ3v) is 18.0. The molecule has 2 spiro atoms. The monoisotopic (exact) mass is 1060 g/mol. The Hall–Kier alpha value is -10.7. The molecule has 83 heavy (non-hydrogen) atoms. The lowest BCUT2D eigenvalue weighted by molar-refractivity contribution is 0.436. The third kappa shape index (κ3) is 6.86. The van der Waals surface area contributed by atoms with Crippen LogP contribution in [-0.2, 0) is 10.8 Å². The molecule has 2 aliphatic heterocycles. The molecule has 0 amide bonds. The number of hydrogen-bond donors (Lipinski definition) is 0. The number of fused-ring (bicyclic) bond motifs is 18. The number of benzene rings is 13. The molecule has 0 fully saturated rings. The van der Waals surface area contributed by atoms with Gasteiger partial charge in [-0.25, -0.2) is 0 Å². The highest BCUT2D eigenvalue weighted by atomic mass is 16.5.